The molecule has 2 aromatic rings. The molecule has 1 aromatic heterocycles. The number of benzene rings is 1. The molecule has 0 atom stereocenters. The first-order chi connectivity index (χ1) is 10.6. The van der Waals surface area contributed by atoms with Crippen LogP contribution in [0.15, 0.2) is 47.1 Å². The standard InChI is InChI=1S/C16H18N2O4/c1-12(19)17-14-7-3-4-8-15(14)22-11-16(20)18(2)10-13-6-5-9-21-13/h3-9H,10-11H2,1-2H3,(H,17,19). The highest BCUT2D eigenvalue weighted by Crippen LogP contribution is 2.23. The van der Waals surface area contributed by atoms with E-state index < -0.39 is 0 Å². The number of amides is 2. The number of furan rings is 1. The lowest BCUT2D eigenvalue weighted by molar-refractivity contribution is -0.132. The summed E-state index contributed by atoms with van der Waals surface area (Å²) in [5.41, 5.74) is 0.538. The number of carbonyl (C=O) groups excluding carboxylic acids is 2. The number of nitrogens with one attached hydrogen (secondary N) is 1. The minimum atomic E-state index is -0.197. The summed E-state index contributed by atoms with van der Waals surface area (Å²) in [5.74, 6) is 0.776. The van der Waals surface area contributed by atoms with E-state index in [1.54, 1.807) is 49.7 Å². The van der Waals surface area contributed by atoms with Gasteiger partial charge in [-0.05, 0) is 24.3 Å². The molecule has 1 N–H and O–H groups in total. The second-order valence-electron chi connectivity index (χ2n) is 4.80. The normalized spacial score (nSPS) is 10.1. The molecule has 1 aromatic carbocycles. The summed E-state index contributed by atoms with van der Waals surface area (Å²) in [6.07, 6.45) is 1.56. The maximum Gasteiger partial charge on any atom is 0.260 e. The number of para-hydroxylation sites is 2. The zero-order valence-corrected chi connectivity index (χ0v) is 12.5. The minimum Gasteiger partial charge on any atom is -0.482 e. The van der Waals surface area contributed by atoms with Gasteiger partial charge in [0.15, 0.2) is 6.61 Å². The summed E-state index contributed by atoms with van der Waals surface area (Å²) in [6, 6.07) is 10.5. The molecule has 6 nitrogen and oxygen atoms in total. The first kappa shape index (κ1) is 15.6. The zero-order valence-electron chi connectivity index (χ0n) is 12.5. The quantitative estimate of drug-likeness (QED) is 0.888. The molecule has 0 unspecified atom stereocenters. The van der Waals surface area contributed by atoms with E-state index in [1.807, 2.05) is 0 Å². The Labute approximate surface area is 128 Å². The van der Waals surface area contributed by atoms with Crippen molar-refractivity contribution in [1.82, 2.24) is 4.90 Å². The lowest BCUT2D eigenvalue weighted by Gasteiger charge is -2.17. The number of hydrogen-bond acceptors (Lipinski definition) is 4. The largest absolute Gasteiger partial charge is 0.482 e. The summed E-state index contributed by atoms with van der Waals surface area (Å²) in [7, 11) is 1.67. The van der Waals surface area contributed by atoms with Crippen LogP contribution in [0.4, 0.5) is 5.69 Å². The minimum absolute atomic E-state index is 0.117. The summed E-state index contributed by atoms with van der Waals surface area (Å²) in [5, 5.41) is 2.66. The van der Waals surface area contributed by atoms with Gasteiger partial charge < -0.3 is 19.4 Å². The molecule has 2 rings (SSSR count). The van der Waals surface area contributed by atoms with Crippen LogP contribution in [0.2, 0.25) is 0 Å². The van der Waals surface area contributed by atoms with Crippen LogP contribution in [0.3, 0.4) is 0 Å². The Kier molecular flexibility index (Phi) is 5.19. The molecule has 116 valence electrons. The van der Waals surface area contributed by atoms with Gasteiger partial charge in [-0.25, -0.2) is 0 Å². The van der Waals surface area contributed by atoms with Gasteiger partial charge in [-0.2, -0.15) is 0 Å². The predicted molar refractivity (Wildman–Crippen MR) is 81.4 cm³/mol. The molecule has 0 bridgehead atoms. The smallest absolute Gasteiger partial charge is 0.260 e. The van der Waals surface area contributed by atoms with Crippen molar-refractivity contribution in [2.24, 2.45) is 0 Å². The van der Waals surface area contributed by atoms with Crippen LogP contribution in [0.25, 0.3) is 0 Å². The van der Waals surface area contributed by atoms with Crippen molar-refractivity contribution >= 4 is 17.5 Å². The average molecular weight is 302 g/mol. The first-order valence-corrected chi connectivity index (χ1v) is 6.82. The van der Waals surface area contributed by atoms with Crippen molar-refractivity contribution in [3.8, 4) is 5.75 Å². The van der Waals surface area contributed by atoms with Crippen molar-refractivity contribution in [3.05, 3.63) is 48.4 Å². The molecule has 0 saturated heterocycles. The highest BCUT2D eigenvalue weighted by molar-refractivity contribution is 5.90. The van der Waals surface area contributed by atoms with E-state index in [4.69, 9.17) is 9.15 Å². The summed E-state index contributed by atoms with van der Waals surface area (Å²) in [6.45, 7) is 1.68. The number of likely N-dealkylation sites (N-methyl/N-ethyl adjacent to an activating group) is 1. The lowest BCUT2D eigenvalue weighted by atomic mass is 10.3. The van der Waals surface area contributed by atoms with Crippen LogP contribution >= 0.6 is 0 Å². The van der Waals surface area contributed by atoms with E-state index in [9.17, 15) is 9.59 Å². The fourth-order valence-electron chi connectivity index (χ4n) is 1.86. The third-order valence-corrected chi connectivity index (χ3v) is 2.95. The molecule has 0 saturated carbocycles. The van der Waals surface area contributed by atoms with Crippen LogP contribution in [0, 0.1) is 0 Å². The van der Waals surface area contributed by atoms with Gasteiger partial charge >= 0.3 is 0 Å². The molecule has 0 radical (unpaired) electrons. The van der Waals surface area contributed by atoms with E-state index in [2.05, 4.69) is 5.32 Å². The van der Waals surface area contributed by atoms with E-state index in [0.29, 0.717) is 23.7 Å². The van der Waals surface area contributed by atoms with E-state index in [-0.39, 0.29) is 18.4 Å². The van der Waals surface area contributed by atoms with Crippen LogP contribution < -0.4 is 10.1 Å². The third-order valence-electron chi connectivity index (χ3n) is 2.95. The Morgan fingerprint density at radius 3 is 2.68 bits per heavy atom. The SMILES string of the molecule is CC(=O)Nc1ccccc1OCC(=O)N(C)Cc1ccco1. The highest BCUT2D eigenvalue weighted by atomic mass is 16.5. The molecule has 22 heavy (non-hydrogen) atoms. The molecule has 0 aliphatic rings. The van der Waals surface area contributed by atoms with Crippen LogP contribution in [-0.2, 0) is 16.1 Å². The number of nitrogens with zero attached hydrogens (tertiary/aromatic N) is 1. The number of carbonyl (C=O) groups is 2. The zero-order chi connectivity index (χ0) is 15.9. The van der Waals surface area contributed by atoms with E-state index in [1.165, 1.54) is 11.8 Å². The Morgan fingerprint density at radius 2 is 2.00 bits per heavy atom. The van der Waals surface area contributed by atoms with Crippen LogP contribution in [-0.4, -0.2) is 30.4 Å². The first-order valence-electron chi connectivity index (χ1n) is 6.82. The van der Waals surface area contributed by atoms with Gasteiger partial charge in [0.1, 0.15) is 11.5 Å². The molecule has 0 aliphatic carbocycles. The van der Waals surface area contributed by atoms with Crippen molar-refractivity contribution in [3.63, 3.8) is 0 Å². The molecule has 0 aliphatic heterocycles. The van der Waals surface area contributed by atoms with Gasteiger partial charge in [0.05, 0.1) is 18.5 Å². The molecule has 0 spiro atoms. The topological polar surface area (TPSA) is 71.8 Å². The fraction of sp³-hybridized carbons (Fsp3) is 0.250. The van der Waals surface area contributed by atoms with Crippen LogP contribution in [0.1, 0.15) is 12.7 Å². The van der Waals surface area contributed by atoms with Crippen molar-refractivity contribution in [1.29, 1.82) is 0 Å². The van der Waals surface area contributed by atoms with Crippen LogP contribution in [0.5, 0.6) is 5.75 Å². The molecular formula is C16H18N2O4. The molecule has 6 heteroatoms. The fourth-order valence-corrected chi connectivity index (χ4v) is 1.86. The molecule has 0 fully saturated rings. The van der Waals surface area contributed by atoms with E-state index >= 15 is 0 Å². The van der Waals surface area contributed by atoms with Crippen molar-refractivity contribution in [2.45, 2.75) is 13.5 Å². The van der Waals surface area contributed by atoms with Crippen molar-refractivity contribution in [2.75, 3.05) is 19.0 Å². The van der Waals surface area contributed by atoms with E-state index in [0.717, 1.165) is 0 Å². The molecule has 2 amide bonds. The van der Waals surface area contributed by atoms with Gasteiger partial charge in [-0.3, -0.25) is 9.59 Å². The van der Waals surface area contributed by atoms with Crippen molar-refractivity contribution < 1.29 is 18.7 Å². The number of ether oxygens (including phenoxy) is 1. The number of hydrogen-bond donors (Lipinski definition) is 1. The predicted octanol–water partition coefficient (Wildman–Crippen LogP) is 2.28. The maximum atomic E-state index is 12.0. The maximum absolute atomic E-state index is 12.0. The third kappa shape index (κ3) is 4.37. The lowest BCUT2D eigenvalue weighted by Crippen LogP contribution is -2.30. The number of rotatable bonds is 6. The van der Waals surface area contributed by atoms with Gasteiger partial charge in [0.25, 0.3) is 5.91 Å². The Balaban J connectivity index is 1.92. The Bertz CT molecular complexity index is 637. The molecule has 1 heterocycles. The summed E-state index contributed by atoms with van der Waals surface area (Å²) in [4.78, 5) is 24.7. The monoisotopic (exact) mass is 302 g/mol. The van der Waals surface area contributed by atoms with Gasteiger partial charge in [0.2, 0.25) is 5.91 Å². The summed E-state index contributed by atoms with van der Waals surface area (Å²) < 4.78 is 10.7. The van der Waals surface area contributed by atoms with Gasteiger partial charge in [0, 0.05) is 14.0 Å². The highest BCUT2D eigenvalue weighted by Gasteiger charge is 2.13. The molecular weight excluding hydrogens is 284 g/mol. The average Bonchev–Trinajstić information content (AvgIpc) is 2.98. The van der Waals surface area contributed by atoms with Gasteiger partial charge in [-0.1, -0.05) is 12.1 Å². The summed E-state index contributed by atoms with van der Waals surface area (Å²) >= 11 is 0. The second kappa shape index (κ2) is 7.31. The Hall–Kier alpha value is -2.76. The second-order valence-corrected chi connectivity index (χ2v) is 4.80. The Morgan fingerprint density at radius 1 is 1.23 bits per heavy atom. The van der Waals surface area contributed by atoms with Gasteiger partial charge in [-0.15, -0.1) is 0 Å². The number of anilines is 1.